The standard InChI is InChI=1S/C20H22BrFN4O4S/c1-11(19(27)28)26-10-13-7-6-12(8-17(13)31(26,29)30)18-14(21)9-23-20(25-18)24-16-5-3-2-4-15(16)22/h6-9,11,15-16H,2-5,10H2,1H3,(H,27,28)(H,23,24,25)/t11-,15-,16+/m1/s1. The van der Waals surface area contributed by atoms with Crippen molar-refractivity contribution in [3.63, 3.8) is 0 Å². The lowest BCUT2D eigenvalue weighted by atomic mass is 9.94. The third-order valence-electron chi connectivity index (χ3n) is 5.78. The highest BCUT2D eigenvalue weighted by atomic mass is 79.9. The average Bonchev–Trinajstić information content (AvgIpc) is 3.00. The molecular formula is C20H22BrFN4O4S. The van der Waals surface area contributed by atoms with Crippen LogP contribution >= 0.6 is 15.9 Å². The number of carboxylic acid groups (broad SMARTS) is 1. The van der Waals surface area contributed by atoms with Gasteiger partial charge in [0.25, 0.3) is 0 Å². The summed E-state index contributed by atoms with van der Waals surface area (Å²) in [5.41, 5.74) is 1.53. The fourth-order valence-corrected chi connectivity index (χ4v) is 6.20. The molecule has 1 saturated carbocycles. The quantitative estimate of drug-likeness (QED) is 0.629. The maximum absolute atomic E-state index is 14.2. The Morgan fingerprint density at radius 2 is 2.10 bits per heavy atom. The number of nitrogens with zero attached hydrogens (tertiary/aromatic N) is 3. The number of hydrogen-bond donors (Lipinski definition) is 2. The first-order valence-corrected chi connectivity index (χ1v) is 12.2. The van der Waals surface area contributed by atoms with Crippen molar-refractivity contribution < 1.29 is 22.7 Å². The van der Waals surface area contributed by atoms with Gasteiger partial charge in [-0.1, -0.05) is 25.0 Å². The van der Waals surface area contributed by atoms with Crippen LogP contribution in [0.5, 0.6) is 0 Å². The number of benzene rings is 1. The van der Waals surface area contributed by atoms with Gasteiger partial charge in [-0.15, -0.1) is 0 Å². The van der Waals surface area contributed by atoms with Crippen LogP contribution in [0.1, 0.15) is 38.2 Å². The van der Waals surface area contributed by atoms with Crippen LogP contribution in [0.4, 0.5) is 10.3 Å². The van der Waals surface area contributed by atoms with E-state index >= 15 is 0 Å². The Morgan fingerprint density at radius 3 is 2.81 bits per heavy atom. The number of nitrogens with one attached hydrogen (secondary N) is 1. The maximum Gasteiger partial charge on any atom is 0.321 e. The van der Waals surface area contributed by atoms with Crippen molar-refractivity contribution in [2.45, 2.75) is 62.3 Å². The number of carbonyl (C=O) groups is 1. The molecule has 2 heterocycles. The van der Waals surface area contributed by atoms with E-state index in [4.69, 9.17) is 0 Å². The van der Waals surface area contributed by atoms with Crippen LogP contribution in [0.25, 0.3) is 11.3 Å². The Morgan fingerprint density at radius 1 is 1.35 bits per heavy atom. The predicted molar refractivity (Wildman–Crippen MR) is 116 cm³/mol. The van der Waals surface area contributed by atoms with Crippen LogP contribution in [0.2, 0.25) is 0 Å². The van der Waals surface area contributed by atoms with E-state index in [1.165, 1.54) is 13.0 Å². The Labute approximate surface area is 188 Å². The molecule has 0 saturated heterocycles. The fourth-order valence-electron chi connectivity index (χ4n) is 3.97. The molecule has 0 bridgehead atoms. The van der Waals surface area contributed by atoms with Crippen molar-refractivity contribution in [1.29, 1.82) is 0 Å². The molecule has 31 heavy (non-hydrogen) atoms. The molecule has 1 aromatic carbocycles. The molecule has 0 spiro atoms. The number of alkyl halides is 1. The van der Waals surface area contributed by atoms with E-state index in [1.807, 2.05) is 0 Å². The SMILES string of the molecule is C[C@H](C(=O)O)N1Cc2ccc(-c3nc(N[C@H]4CCCC[C@H]4F)ncc3Br)cc2S1(=O)=O. The van der Waals surface area contributed by atoms with Crippen LogP contribution < -0.4 is 5.32 Å². The first kappa shape index (κ1) is 22.1. The number of anilines is 1. The highest BCUT2D eigenvalue weighted by molar-refractivity contribution is 9.10. The summed E-state index contributed by atoms with van der Waals surface area (Å²) in [6.07, 6.45) is 3.60. The molecule has 1 aliphatic carbocycles. The first-order valence-electron chi connectivity index (χ1n) is 9.99. The topological polar surface area (TPSA) is 112 Å². The average molecular weight is 513 g/mol. The number of fused-ring (bicyclic) bond motifs is 1. The minimum Gasteiger partial charge on any atom is -0.480 e. The molecule has 3 atom stereocenters. The number of halogens is 2. The van der Waals surface area contributed by atoms with Crippen molar-refractivity contribution in [1.82, 2.24) is 14.3 Å². The van der Waals surface area contributed by atoms with E-state index in [2.05, 4.69) is 31.2 Å². The van der Waals surface area contributed by atoms with Gasteiger partial charge in [0.05, 0.1) is 21.1 Å². The number of rotatable bonds is 5. The van der Waals surface area contributed by atoms with Crippen molar-refractivity contribution in [2.75, 3.05) is 5.32 Å². The number of hydrogen-bond acceptors (Lipinski definition) is 6. The monoisotopic (exact) mass is 512 g/mol. The molecule has 11 heteroatoms. The van der Waals surface area contributed by atoms with Crippen molar-refractivity contribution >= 4 is 37.9 Å². The molecule has 1 aromatic heterocycles. The second kappa shape index (κ2) is 8.44. The third kappa shape index (κ3) is 4.18. The Bertz CT molecular complexity index is 1130. The lowest BCUT2D eigenvalue weighted by Crippen LogP contribution is -2.38. The molecule has 0 amide bonds. The molecular weight excluding hydrogens is 491 g/mol. The van der Waals surface area contributed by atoms with E-state index in [1.54, 1.807) is 18.3 Å². The van der Waals surface area contributed by atoms with Gasteiger partial charge >= 0.3 is 5.97 Å². The van der Waals surface area contributed by atoms with Crippen molar-refractivity contribution in [2.24, 2.45) is 0 Å². The van der Waals surface area contributed by atoms with Gasteiger partial charge in [-0.25, -0.2) is 22.8 Å². The van der Waals surface area contributed by atoms with E-state index in [9.17, 15) is 22.7 Å². The number of carboxylic acids is 1. The summed E-state index contributed by atoms with van der Waals surface area (Å²) in [6.45, 7) is 1.35. The van der Waals surface area contributed by atoms with Crippen LogP contribution in [0.15, 0.2) is 33.8 Å². The lowest BCUT2D eigenvalue weighted by molar-refractivity contribution is -0.140. The maximum atomic E-state index is 14.2. The van der Waals surface area contributed by atoms with Crippen LogP contribution in [-0.2, 0) is 21.4 Å². The van der Waals surface area contributed by atoms with Gasteiger partial charge < -0.3 is 10.4 Å². The van der Waals surface area contributed by atoms with Crippen molar-refractivity contribution in [3.05, 3.63) is 34.4 Å². The summed E-state index contributed by atoms with van der Waals surface area (Å²) in [5, 5.41) is 12.3. The number of aromatic nitrogens is 2. The lowest BCUT2D eigenvalue weighted by Gasteiger charge is -2.26. The van der Waals surface area contributed by atoms with E-state index in [0.717, 1.165) is 17.1 Å². The van der Waals surface area contributed by atoms with Crippen LogP contribution in [0.3, 0.4) is 0 Å². The van der Waals surface area contributed by atoms with Gasteiger partial charge in [-0.2, -0.15) is 4.31 Å². The normalized spacial score (nSPS) is 23.8. The first-order chi connectivity index (χ1) is 14.7. The van der Waals surface area contributed by atoms with Crippen LogP contribution in [-0.4, -0.2) is 52.0 Å². The Kier molecular flexibility index (Phi) is 6.01. The number of sulfonamides is 1. The van der Waals surface area contributed by atoms with Gasteiger partial charge in [0.15, 0.2) is 0 Å². The fraction of sp³-hybridized carbons (Fsp3) is 0.450. The minimum absolute atomic E-state index is 0.00271. The zero-order valence-electron chi connectivity index (χ0n) is 16.8. The summed E-state index contributed by atoms with van der Waals surface area (Å²) < 4.78 is 41.6. The molecule has 1 aliphatic heterocycles. The molecule has 4 rings (SSSR count). The zero-order chi connectivity index (χ0) is 22.3. The predicted octanol–water partition coefficient (Wildman–Crippen LogP) is 3.58. The third-order valence-corrected chi connectivity index (χ3v) is 8.36. The zero-order valence-corrected chi connectivity index (χ0v) is 19.2. The highest BCUT2D eigenvalue weighted by Gasteiger charge is 2.40. The van der Waals surface area contributed by atoms with E-state index in [-0.39, 0.29) is 23.4 Å². The summed E-state index contributed by atoms with van der Waals surface area (Å²) in [7, 11) is -3.95. The summed E-state index contributed by atoms with van der Waals surface area (Å²) >= 11 is 3.40. The Balaban J connectivity index is 1.66. The highest BCUT2D eigenvalue weighted by Crippen LogP contribution is 2.36. The van der Waals surface area contributed by atoms with Gasteiger partial charge in [-0.3, -0.25) is 4.79 Å². The summed E-state index contributed by atoms with van der Waals surface area (Å²) in [6, 6.07) is 3.37. The van der Waals surface area contributed by atoms with Crippen LogP contribution in [0, 0.1) is 0 Å². The largest absolute Gasteiger partial charge is 0.480 e. The molecule has 2 aromatic rings. The summed E-state index contributed by atoms with van der Waals surface area (Å²) in [5.74, 6) is -0.933. The summed E-state index contributed by atoms with van der Waals surface area (Å²) in [4.78, 5) is 20.1. The molecule has 2 N–H and O–H groups in total. The molecule has 166 valence electrons. The van der Waals surface area contributed by atoms with Gasteiger partial charge in [-0.05, 0) is 47.3 Å². The molecule has 0 unspecified atom stereocenters. The molecule has 2 aliphatic rings. The molecule has 1 fully saturated rings. The van der Waals surface area contributed by atoms with Gasteiger partial charge in [0.2, 0.25) is 16.0 Å². The number of aliphatic carboxylic acids is 1. The van der Waals surface area contributed by atoms with Gasteiger partial charge in [0, 0.05) is 18.3 Å². The second-order valence-electron chi connectivity index (χ2n) is 7.83. The second-order valence-corrected chi connectivity index (χ2v) is 10.5. The van der Waals surface area contributed by atoms with Gasteiger partial charge in [0.1, 0.15) is 12.2 Å². The van der Waals surface area contributed by atoms with E-state index < -0.39 is 28.2 Å². The molecule has 0 radical (unpaired) electrons. The molecule has 8 nitrogen and oxygen atoms in total. The Hall–Kier alpha value is -2.11. The smallest absolute Gasteiger partial charge is 0.321 e. The van der Waals surface area contributed by atoms with E-state index in [0.29, 0.717) is 34.1 Å². The van der Waals surface area contributed by atoms with Crippen molar-refractivity contribution in [3.8, 4) is 11.3 Å². The minimum atomic E-state index is -3.95.